The van der Waals surface area contributed by atoms with Crippen molar-refractivity contribution in [2.75, 3.05) is 5.32 Å². The molecule has 24 heavy (non-hydrogen) atoms. The molecule has 0 saturated carbocycles. The van der Waals surface area contributed by atoms with Crippen molar-refractivity contribution in [3.63, 3.8) is 0 Å². The number of hydrogen-bond acceptors (Lipinski definition) is 4. The molecule has 6 heteroatoms. The average Bonchev–Trinajstić information content (AvgIpc) is 3.02. The van der Waals surface area contributed by atoms with Gasteiger partial charge in [-0.15, -0.1) is 0 Å². The molecule has 3 aromatic rings. The van der Waals surface area contributed by atoms with Crippen LogP contribution in [0.15, 0.2) is 49.2 Å². The molecule has 0 atom stereocenters. The van der Waals surface area contributed by atoms with Crippen LogP contribution in [-0.4, -0.2) is 25.3 Å². The predicted octanol–water partition coefficient (Wildman–Crippen LogP) is 3.58. The maximum absolute atomic E-state index is 12.3. The first kappa shape index (κ1) is 15.9. The van der Waals surface area contributed by atoms with Crippen molar-refractivity contribution >= 4 is 23.4 Å². The van der Waals surface area contributed by atoms with E-state index >= 15 is 0 Å². The second-order valence-electron chi connectivity index (χ2n) is 5.42. The monoisotopic (exact) mass is 321 g/mol. The zero-order valence-corrected chi connectivity index (χ0v) is 13.5. The van der Waals surface area contributed by atoms with Crippen LogP contribution in [0, 0.1) is 0 Å². The van der Waals surface area contributed by atoms with Crippen molar-refractivity contribution in [3.05, 3.63) is 60.5 Å². The van der Waals surface area contributed by atoms with E-state index in [4.69, 9.17) is 0 Å². The molecule has 1 amide bonds. The molecule has 0 spiro atoms. The van der Waals surface area contributed by atoms with E-state index in [1.807, 2.05) is 16.7 Å². The third kappa shape index (κ3) is 3.65. The maximum atomic E-state index is 12.3. The molecule has 1 N–H and O–H groups in total. The number of fused-ring (bicyclic) bond motifs is 1. The van der Waals surface area contributed by atoms with Gasteiger partial charge in [0.1, 0.15) is 5.82 Å². The Labute approximate surface area is 140 Å². The number of hydrogen-bond donors (Lipinski definition) is 1. The highest BCUT2D eigenvalue weighted by molar-refractivity contribution is 6.03. The minimum absolute atomic E-state index is 0.198. The number of nitrogens with one attached hydrogen (secondary N) is 1. The normalized spacial score (nSPS) is 11.2. The van der Waals surface area contributed by atoms with E-state index in [1.54, 1.807) is 36.9 Å². The zero-order chi connectivity index (χ0) is 16.8. The molecule has 0 unspecified atom stereocenters. The van der Waals surface area contributed by atoms with Crippen molar-refractivity contribution in [1.82, 2.24) is 19.4 Å². The van der Waals surface area contributed by atoms with Crippen LogP contribution in [0.2, 0.25) is 0 Å². The summed E-state index contributed by atoms with van der Waals surface area (Å²) in [6.07, 6.45) is 15.8. The molecule has 0 saturated heterocycles. The molecule has 0 radical (unpaired) electrons. The third-order valence-corrected chi connectivity index (χ3v) is 3.61. The Bertz CT molecular complexity index is 854. The van der Waals surface area contributed by atoms with E-state index in [0.717, 1.165) is 18.5 Å². The van der Waals surface area contributed by atoms with Crippen LogP contribution in [0.25, 0.3) is 11.7 Å². The van der Waals surface area contributed by atoms with E-state index in [9.17, 15) is 4.79 Å². The van der Waals surface area contributed by atoms with E-state index in [2.05, 4.69) is 33.3 Å². The van der Waals surface area contributed by atoms with Crippen LogP contribution in [0.3, 0.4) is 0 Å². The van der Waals surface area contributed by atoms with E-state index in [-0.39, 0.29) is 5.91 Å². The van der Waals surface area contributed by atoms with Gasteiger partial charge in [0.2, 0.25) is 0 Å². The number of allylic oxidation sites excluding steroid dienone is 1. The summed E-state index contributed by atoms with van der Waals surface area (Å²) < 4.78 is 1.82. The van der Waals surface area contributed by atoms with Crippen LogP contribution in [0.5, 0.6) is 0 Å². The summed E-state index contributed by atoms with van der Waals surface area (Å²) >= 11 is 0. The molecule has 122 valence electrons. The summed E-state index contributed by atoms with van der Waals surface area (Å²) in [5.41, 5.74) is 2.07. The summed E-state index contributed by atoms with van der Waals surface area (Å²) in [5.74, 6) is 0.411. The van der Waals surface area contributed by atoms with Crippen LogP contribution in [0.1, 0.15) is 42.2 Å². The molecular weight excluding hydrogens is 302 g/mol. The number of aromatic nitrogens is 4. The van der Waals surface area contributed by atoms with Gasteiger partial charge in [-0.3, -0.25) is 19.2 Å². The van der Waals surface area contributed by atoms with Gasteiger partial charge in [0.05, 0.1) is 18.1 Å². The van der Waals surface area contributed by atoms with Crippen molar-refractivity contribution < 1.29 is 4.79 Å². The first-order valence-corrected chi connectivity index (χ1v) is 7.99. The highest BCUT2D eigenvalue weighted by Crippen LogP contribution is 2.14. The lowest BCUT2D eigenvalue weighted by Gasteiger charge is -2.05. The minimum Gasteiger partial charge on any atom is -0.306 e. The summed E-state index contributed by atoms with van der Waals surface area (Å²) in [7, 11) is 0. The van der Waals surface area contributed by atoms with Crippen LogP contribution >= 0.6 is 0 Å². The molecule has 3 heterocycles. The first-order chi connectivity index (χ1) is 11.8. The highest BCUT2D eigenvalue weighted by Gasteiger charge is 2.09. The standard InChI is InChI=1S/C18H19N5O/c1-2-3-4-5-6-15-13-23-16(11-20-15)21-12-17(23)22-18(24)14-7-9-19-10-8-14/h5-13H,2-4H2,1H3,(H,22,24)/b6-5+. The summed E-state index contributed by atoms with van der Waals surface area (Å²) in [6, 6.07) is 3.34. The number of unbranched alkanes of at least 4 members (excludes halogenated alkanes) is 2. The zero-order valence-electron chi connectivity index (χ0n) is 13.5. The van der Waals surface area contributed by atoms with Crippen LogP contribution in [-0.2, 0) is 0 Å². The third-order valence-electron chi connectivity index (χ3n) is 3.61. The number of nitrogens with zero attached hydrogens (tertiary/aromatic N) is 4. The Balaban J connectivity index is 1.81. The van der Waals surface area contributed by atoms with Gasteiger partial charge in [-0.1, -0.05) is 25.8 Å². The van der Waals surface area contributed by atoms with Gasteiger partial charge in [-0.05, 0) is 24.6 Å². The number of pyridine rings is 1. The van der Waals surface area contributed by atoms with Crippen molar-refractivity contribution in [2.45, 2.75) is 26.2 Å². The van der Waals surface area contributed by atoms with Crippen LogP contribution in [0.4, 0.5) is 5.82 Å². The van der Waals surface area contributed by atoms with Crippen molar-refractivity contribution in [3.8, 4) is 0 Å². The second-order valence-corrected chi connectivity index (χ2v) is 5.42. The fraction of sp³-hybridized carbons (Fsp3) is 0.222. The molecule has 0 aliphatic heterocycles. The summed E-state index contributed by atoms with van der Waals surface area (Å²) in [4.78, 5) is 24.8. The van der Waals surface area contributed by atoms with Crippen molar-refractivity contribution in [1.29, 1.82) is 0 Å². The molecule has 0 bridgehead atoms. The van der Waals surface area contributed by atoms with Gasteiger partial charge in [-0.25, -0.2) is 4.98 Å². The largest absolute Gasteiger partial charge is 0.306 e. The molecule has 3 aromatic heterocycles. The Morgan fingerprint density at radius 1 is 1.25 bits per heavy atom. The average molecular weight is 321 g/mol. The fourth-order valence-corrected chi connectivity index (χ4v) is 2.30. The second kappa shape index (κ2) is 7.50. The number of rotatable bonds is 6. The van der Waals surface area contributed by atoms with Crippen LogP contribution < -0.4 is 5.32 Å². The first-order valence-electron chi connectivity index (χ1n) is 7.99. The predicted molar refractivity (Wildman–Crippen MR) is 93.7 cm³/mol. The lowest BCUT2D eigenvalue weighted by Crippen LogP contribution is -2.13. The number of amides is 1. The molecule has 0 aliphatic carbocycles. The fourth-order valence-electron chi connectivity index (χ4n) is 2.30. The quantitative estimate of drug-likeness (QED) is 0.704. The maximum Gasteiger partial charge on any atom is 0.256 e. The van der Waals surface area contributed by atoms with Gasteiger partial charge in [0.15, 0.2) is 5.65 Å². The molecule has 0 fully saturated rings. The molecule has 0 aromatic carbocycles. The highest BCUT2D eigenvalue weighted by atomic mass is 16.1. The van der Waals surface area contributed by atoms with Gasteiger partial charge in [0.25, 0.3) is 5.91 Å². The lowest BCUT2D eigenvalue weighted by atomic mass is 10.2. The minimum atomic E-state index is -0.198. The Hall–Kier alpha value is -3.02. The Morgan fingerprint density at radius 2 is 2.08 bits per heavy atom. The molecule has 3 rings (SSSR count). The van der Waals surface area contributed by atoms with Crippen molar-refractivity contribution in [2.24, 2.45) is 0 Å². The molecule has 6 nitrogen and oxygen atoms in total. The van der Waals surface area contributed by atoms with E-state index in [0.29, 0.717) is 17.0 Å². The smallest absolute Gasteiger partial charge is 0.256 e. The van der Waals surface area contributed by atoms with E-state index < -0.39 is 0 Å². The number of anilines is 1. The summed E-state index contributed by atoms with van der Waals surface area (Å²) in [6.45, 7) is 2.17. The SMILES string of the molecule is CCCC/C=C/c1cn2c(NC(=O)c3ccncc3)cnc2cn1. The number of carbonyl (C=O) groups is 1. The molecule has 0 aliphatic rings. The molecular formula is C18H19N5O. The van der Waals surface area contributed by atoms with Gasteiger partial charge >= 0.3 is 0 Å². The van der Waals surface area contributed by atoms with Gasteiger partial charge < -0.3 is 5.32 Å². The Morgan fingerprint density at radius 3 is 2.88 bits per heavy atom. The van der Waals surface area contributed by atoms with E-state index in [1.165, 1.54) is 6.42 Å². The number of imidazole rings is 1. The lowest BCUT2D eigenvalue weighted by molar-refractivity contribution is 0.102. The van der Waals surface area contributed by atoms with Gasteiger partial charge in [-0.2, -0.15) is 0 Å². The van der Waals surface area contributed by atoms with Gasteiger partial charge in [0, 0.05) is 24.2 Å². The Kier molecular flexibility index (Phi) is 4.96. The number of carbonyl (C=O) groups excluding carboxylic acids is 1. The summed E-state index contributed by atoms with van der Waals surface area (Å²) in [5, 5.41) is 2.87. The topological polar surface area (TPSA) is 72.2 Å².